The predicted octanol–water partition coefficient (Wildman–Crippen LogP) is 4.14. The number of carbonyl (C=O) groups is 1. The van der Waals surface area contributed by atoms with Crippen molar-refractivity contribution in [3.63, 3.8) is 0 Å². The van der Waals surface area contributed by atoms with E-state index in [9.17, 15) is 9.90 Å². The lowest BCUT2D eigenvalue weighted by atomic mass is 9.48. The molecule has 3 rings (SSSR count). The molecule has 1 aliphatic heterocycles. The molecular weight excluding hydrogens is 288 g/mol. The molecule has 0 aromatic heterocycles. The molecule has 2 aliphatic carbocycles. The van der Waals surface area contributed by atoms with Crippen molar-refractivity contribution in [2.75, 3.05) is 0 Å². The predicted molar refractivity (Wildman–Crippen MR) is 90.4 cm³/mol. The van der Waals surface area contributed by atoms with Crippen molar-refractivity contribution in [2.45, 2.75) is 59.7 Å². The highest BCUT2D eigenvalue weighted by atomic mass is 16.6. The SMILES string of the molecule is CC1=CCC[C@H]2[C@](C)(/C=C/C3=CC(=O)OC3O)[C@@H](C)CC[C@]12C. The normalized spacial score (nSPS) is 43.9. The van der Waals surface area contributed by atoms with E-state index >= 15 is 0 Å². The summed E-state index contributed by atoms with van der Waals surface area (Å²) in [6, 6.07) is 0. The molecule has 0 bridgehead atoms. The van der Waals surface area contributed by atoms with Gasteiger partial charge in [0.05, 0.1) is 0 Å². The Labute approximate surface area is 139 Å². The van der Waals surface area contributed by atoms with Gasteiger partial charge in [-0.25, -0.2) is 4.79 Å². The lowest BCUT2D eigenvalue weighted by molar-refractivity contribution is -0.150. The van der Waals surface area contributed by atoms with Crippen molar-refractivity contribution in [1.82, 2.24) is 0 Å². The number of aliphatic hydroxyl groups is 1. The molecule has 126 valence electrons. The molecule has 0 amide bonds. The van der Waals surface area contributed by atoms with Crippen LogP contribution in [-0.4, -0.2) is 17.4 Å². The number of allylic oxidation sites excluding steroid dienone is 3. The summed E-state index contributed by atoms with van der Waals surface area (Å²) < 4.78 is 4.78. The average molecular weight is 316 g/mol. The molecule has 3 aliphatic rings. The largest absolute Gasteiger partial charge is 0.428 e. The first-order chi connectivity index (χ1) is 10.8. The smallest absolute Gasteiger partial charge is 0.333 e. The molecule has 0 saturated heterocycles. The number of fused-ring (bicyclic) bond motifs is 1. The maximum atomic E-state index is 11.3. The summed E-state index contributed by atoms with van der Waals surface area (Å²) in [5.41, 5.74) is 2.42. The summed E-state index contributed by atoms with van der Waals surface area (Å²) in [4.78, 5) is 11.3. The Balaban J connectivity index is 1.93. The number of esters is 1. The van der Waals surface area contributed by atoms with Crippen LogP contribution in [-0.2, 0) is 9.53 Å². The Bertz CT molecular complexity index is 600. The van der Waals surface area contributed by atoms with Gasteiger partial charge in [0.15, 0.2) is 0 Å². The van der Waals surface area contributed by atoms with Gasteiger partial charge in [0.2, 0.25) is 6.29 Å². The third-order valence-corrected chi connectivity index (χ3v) is 6.92. The van der Waals surface area contributed by atoms with Crippen LogP contribution in [0.5, 0.6) is 0 Å². The molecular formula is C20H28O3. The number of hydrogen-bond acceptors (Lipinski definition) is 3. The highest BCUT2D eigenvalue weighted by molar-refractivity contribution is 5.86. The summed E-state index contributed by atoms with van der Waals surface area (Å²) in [6.07, 6.45) is 11.6. The van der Waals surface area contributed by atoms with Crippen molar-refractivity contribution in [3.8, 4) is 0 Å². The van der Waals surface area contributed by atoms with Gasteiger partial charge in [0.1, 0.15) is 0 Å². The summed E-state index contributed by atoms with van der Waals surface area (Å²) in [6.45, 7) is 9.37. The molecule has 0 radical (unpaired) electrons. The maximum Gasteiger partial charge on any atom is 0.333 e. The van der Waals surface area contributed by atoms with Crippen LogP contribution in [0.1, 0.15) is 53.4 Å². The molecule has 0 aromatic carbocycles. The van der Waals surface area contributed by atoms with Crippen LogP contribution in [0.3, 0.4) is 0 Å². The first kappa shape index (κ1) is 16.5. The van der Waals surface area contributed by atoms with Crippen molar-refractivity contribution in [1.29, 1.82) is 0 Å². The Morgan fingerprint density at radius 3 is 2.74 bits per heavy atom. The summed E-state index contributed by atoms with van der Waals surface area (Å²) in [5, 5.41) is 9.79. The number of hydrogen-bond donors (Lipinski definition) is 1. The van der Waals surface area contributed by atoms with Gasteiger partial charge in [-0.15, -0.1) is 0 Å². The zero-order valence-electron chi connectivity index (χ0n) is 14.6. The van der Waals surface area contributed by atoms with E-state index in [0.29, 0.717) is 17.4 Å². The van der Waals surface area contributed by atoms with E-state index in [1.165, 1.54) is 30.9 Å². The van der Waals surface area contributed by atoms with Crippen molar-refractivity contribution in [2.24, 2.45) is 22.7 Å². The minimum Gasteiger partial charge on any atom is -0.428 e. The second-order valence-electron chi connectivity index (χ2n) is 8.01. The Kier molecular flexibility index (Phi) is 4.04. The van der Waals surface area contributed by atoms with E-state index in [4.69, 9.17) is 4.74 Å². The van der Waals surface area contributed by atoms with E-state index in [1.54, 1.807) is 0 Å². The van der Waals surface area contributed by atoms with Crippen LogP contribution < -0.4 is 0 Å². The number of carbonyl (C=O) groups excluding carboxylic acids is 1. The zero-order chi connectivity index (χ0) is 16.8. The topological polar surface area (TPSA) is 46.5 Å². The fourth-order valence-electron chi connectivity index (χ4n) is 4.94. The standard InChI is InChI=1S/C20H28O3/c1-13-6-5-7-16-19(13,3)10-8-14(2)20(16,4)11-9-15-12-17(21)23-18(15)22/h6,9,11-12,14,16,18,22H,5,7-8,10H2,1-4H3/b11-9+/t14-,16+,18?,19+,20+/m0/s1. The Hall–Kier alpha value is -1.35. The summed E-state index contributed by atoms with van der Waals surface area (Å²) >= 11 is 0. The van der Waals surface area contributed by atoms with Gasteiger partial charge in [-0.1, -0.05) is 44.6 Å². The molecule has 23 heavy (non-hydrogen) atoms. The van der Waals surface area contributed by atoms with Gasteiger partial charge in [-0.3, -0.25) is 0 Å². The number of ether oxygens (including phenoxy) is 1. The Morgan fingerprint density at radius 1 is 1.35 bits per heavy atom. The van der Waals surface area contributed by atoms with Crippen LogP contribution in [0, 0.1) is 22.7 Å². The molecule has 0 spiro atoms. The Morgan fingerprint density at radius 2 is 2.09 bits per heavy atom. The summed E-state index contributed by atoms with van der Waals surface area (Å²) in [7, 11) is 0. The molecule has 5 atom stereocenters. The first-order valence-corrected chi connectivity index (χ1v) is 8.74. The van der Waals surface area contributed by atoms with Crippen molar-refractivity contribution >= 4 is 5.97 Å². The highest BCUT2D eigenvalue weighted by Gasteiger charge is 2.52. The number of cyclic esters (lactones) is 1. The van der Waals surface area contributed by atoms with Gasteiger partial charge in [0.25, 0.3) is 0 Å². The molecule has 1 saturated carbocycles. The minimum absolute atomic E-state index is 0.0642. The molecule has 0 aromatic rings. The lowest BCUT2D eigenvalue weighted by Gasteiger charge is -2.57. The number of rotatable bonds is 2. The van der Waals surface area contributed by atoms with Crippen LogP contribution in [0.15, 0.2) is 35.5 Å². The van der Waals surface area contributed by atoms with Crippen molar-refractivity contribution in [3.05, 3.63) is 35.5 Å². The molecule has 3 heteroatoms. The monoisotopic (exact) mass is 316 g/mol. The number of aliphatic hydroxyl groups excluding tert-OH is 1. The van der Waals surface area contributed by atoms with Gasteiger partial charge < -0.3 is 9.84 Å². The van der Waals surface area contributed by atoms with Crippen LogP contribution in [0.25, 0.3) is 0 Å². The zero-order valence-corrected chi connectivity index (χ0v) is 14.6. The van der Waals surface area contributed by atoms with E-state index in [2.05, 4.69) is 39.8 Å². The third-order valence-electron chi connectivity index (χ3n) is 6.92. The molecule has 1 N–H and O–H groups in total. The quantitative estimate of drug-likeness (QED) is 0.615. The van der Waals surface area contributed by atoms with Gasteiger partial charge in [-0.2, -0.15) is 0 Å². The van der Waals surface area contributed by atoms with Gasteiger partial charge >= 0.3 is 5.97 Å². The average Bonchev–Trinajstić information content (AvgIpc) is 2.82. The van der Waals surface area contributed by atoms with Crippen LogP contribution in [0.2, 0.25) is 0 Å². The van der Waals surface area contributed by atoms with E-state index in [1.807, 2.05) is 6.08 Å². The van der Waals surface area contributed by atoms with Crippen LogP contribution >= 0.6 is 0 Å². The van der Waals surface area contributed by atoms with Crippen LogP contribution in [0.4, 0.5) is 0 Å². The van der Waals surface area contributed by atoms with Crippen molar-refractivity contribution < 1.29 is 14.6 Å². The minimum atomic E-state index is -1.11. The molecule has 1 fully saturated rings. The van der Waals surface area contributed by atoms with E-state index in [0.717, 1.165) is 6.42 Å². The maximum absolute atomic E-state index is 11.3. The third kappa shape index (κ3) is 2.59. The molecule has 3 nitrogen and oxygen atoms in total. The first-order valence-electron chi connectivity index (χ1n) is 8.74. The molecule has 1 heterocycles. The highest BCUT2D eigenvalue weighted by Crippen LogP contribution is 2.60. The van der Waals surface area contributed by atoms with Gasteiger partial charge in [-0.05, 0) is 55.3 Å². The fourth-order valence-corrected chi connectivity index (χ4v) is 4.94. The fraction of sp³-hybridized carbons (Fsp3) is 0.650. The second-order valence-corrected chi connectivity index (χ2v) is 8.01. The summed E-state index contributed by atoms with van der Waals surface area (Å²) in [5.74, 6) is 0.717. The lowest BCUT2D eigenvalue weighted by Crippen LogP contribution is -2.48. The van der Waals surface area contributed by atoms with E-state index < -0.39 is 12.3 Å². The second kappa shape index (κ2) is 5.62. The molecule has 1 unspecified atom stereocenters. The van der Waals surface area contributed by atoms with Gasteiger partial charge in [0, 0.05) is 11.6 Å². The van der Waals surface area contributed by atoms with E-state index in [-0.39, 0.29) is 10.8 Å².